The van der Waals surface area contributed by atoms with E-state index >= 15 is 0 Å². The van der Waals surface area contributed by atoms with E-state index in [9.17, 15) is 0 Å². The number of nitrogens with zero attached hydrogens (tertiary/aromatic N) is 3. The fraction of sp³-hybridized carbons (Fsp3) is 0.667. The highest BCUT2D eigenvalue weighted by Crippen LogP contribution is 2.25. The van der Waals surface area contributed by atoms with Crippen LogP contribution in [0.2, 0.25) is 0 Å². The monoisotopic (exact) mass is 252 g/mol. The molecule has 0 bridgehead atoms. The van der Waals surface area contributed by atoms with Crippen LogP contribution in [0.1, 0.15) is 26.2 Å². The molecule has 1 aliphatic rings. The molecule has 5 heteroatoms. The number of nitrogens with two attached hydrogens (primary N) is 1. The Morgan fingerprint density at radius 1 is 1.53 bits per heavy atom. The predicted molar refractivity (Wildman–Crippen MR) is 73.5 cm³/mol. The van der Waals surface area contributed by atoms with E-state index in [0.717, 1.165) is 30.0 Å². The largest absolute Gasteiger partial charge is 0.383 e. The number of piperidine rings is 1. The number of nitrogen functional groups attached to an aromatic ring is 1. The Balaban J connectivity index is 2.18. The van der Waals surface area contributed by atoms with E-state index in [0.29, 0.717) is 5.82 Å². The molecule has 1 aliphatic heterocycles. The van der Waals surface area contributed by atoms with Crippen molar-refractivity contribution in [3.8, 4) is 0 Å². The highest BCUT2D eigenvalue weighted by Gasteiger charge is 2.20. The van der Waals surface area contributed by atoms with Crippen LogP contribution in [0.25, 0.3) is 0 Å². The van der Waals surface area contributed by atoms with E-state index in [1.54, 1.807) is 0 Å². The standard InChI is InChI=1S/C12H20N4S/c1-3-9-5-4-6-16(8-9)11-7-10(13)14-12(15-11)17-2/h7,9H,3-6,8H2,1-2H3,(H2,13,14,15). The molecule has 94 valence electrons. The zero-order chi connectivity index (χ0) is 12.3. The van der Waals surface area contributed by atoms with E-state index in [-0.39, 0.29) is 0 Å². The van der Waals surface area contributed by atoms with Gasteiger partial charge in [-0.3, -0.25) is 0 Å². The van der Waals surface area contributed by atoms with E-state index in [1.165, 1.54) is 31.0 Å². The number of hydrogen-bond acceptors (Lipinski definition) is 5. The normalized spacial score (nSPS) is 20.6. The summed E-state index contributed by atoms with van der Waals surface area (Å²) in [5, 5.41) is 0.763. The molecule has 1 saturated heterocycles. The average Bonchev–Trinajstić information content (AvgIpc) is 2.38. The Bertz CT molecular complexity index is 383. The summed E-state index contributed by atoms with van der Waals surface area (Å²) in [5.74, 6) is 2.34. The van der Waals surface area contributed by atoms with Crippen LogP contribution in [-0.4, -0.2) is 29.3 Å². The number of aromatic nitrogens is 2. The summed E-state index contributed by atoms with van der Waals surface area (Å²) in [7, 11) is 0. The van der Waals surface area contributed by atoms with Crippen LogP contribution in [0.4, 0.5) is 11.6 Å². The van der Waals surface area contributed by atoms with Crippen molar-refractivity contribution >= 4 is 23.4 Å². The van der Waals surface area contributed by atoms with Crippen LogP contribution in [-0.2, 0) is 0 Å². The van der Waals surface area contributed by atoms with Crippen molar-refractivity contribution in [3.63, 3.8) is 0 Å². The summed E-state index contributed by atoms with van der Waals surface area (Å²) in [6.45, 7) is 4.44. The highest BCUT2D eigenvalue weighted by molar-refractivity contribution is 7.98. The first-order chi connectivity index (χ1) is 8.22. The van der Waals surface area contributed by atoms with Crippen molar-refractivity contribution in [2.24, 2.45) is 5.92 Å². The quantitative estimate of drug-likeness (QED) is 0.661. The number of anilines is 2. The second kappa shape index (κ2) is 5.58. The van der Waals surface area contributed by atoms with Gasteiger partial charge in [-0.15, -0.1) is 0 Å². The maximum Gasteiger partial charge on any atom is 0.191 e. The highest BCUT2D eigenvalue weighted by atomic mass is 32.2. The van der Waals surface area contributed by atoms with E-state index in [4.69, 9.17) is 5.73 Å². The molecule has 0 saturated carbocycles. The van der Waals surface area contributed by atoms with Crippen LogP contribution < -0.4 is 10.6 Å². The van der Waals surface area contributed by atoms with Crippen molar-refractivity contribution in [2.75, 3.05) is 30.0 Å². The molecule has 2 N–H and O–H groups in total. The van der Waals surface area contributed by atoms with Crippen molar-refractivity contribution in [1.29, 1.82) is 0 Å². The van der Waals surface area contributed by atoms with Gasteiger partial charge in [0, 0.05) is 19.2 Å². The number of rotatable bonds is 3. The molecule has 0 aromatic carbocycles. The maximum atomic E-state index is 5.82. The van der Waals surface area contributed by atoms with Gasteiger partial charge in [0.05, 0.1) is 0 Å². The van der Waals surface area contributed by atoms with Crippen LogP contribution in [0.15, 0.2) is 11.2 Å². The number of hydrogen-bond donors (Lipinski definition) is 1. The molecule has 2 rings (SSSR count). The van der Waals surface area contributed by atoms with Gasteiger partial charge in [0.15, 0.2) is 5.16 Å². The van der Waals surface area contributed by atoms with Crippen LogP contribution in [0, 0.1) is 5.92 Å². The minimum Gasteiger partial charge on any atom is -0.383 e. The zero-order valence-corrected chi connectivity index (χ0v) is 11.3. The lowest BCUT2D eigenvalue weighted by atomic mass is 9.96. The Kier molecular flexibility index (Phi) is 4.10. The zero-order valence-electron chi connectivity index (χ0n) is 10.5. The lowest BCUT2D eigenvalue weighted by Gasteiger charge is -2.33. The molecule has 1 atom stereocenters. The first kappa shape index (κ1) is 12.5. The molecule has 1 unspecified atom stereocenters. The first-order valence-corrected chi connectivity index (χ1v) is 7.39. The van der Waals surface area contributed by atoms with Gasteiger partial charge in [-0.25, -0.2) is 9.97 Å². The van der Waals surface area contributed by atoms with E-state index in [1.807, 2.05) is 12.3 Å². The summed E-state index contributed by atoms with van der Waals surface area (Å²) < 4.78 is 0. The Hall–Kier alpha value is -0.970. The molecule has 0 aliphatic carbocycles. The van der Waals surface area contributed by atoms with Gasteiger partial charge in [0.25, 0.3) is 0 Å². The average molecular weight is 252 g/mol. The van der Waals surface area contributed by atoms with Crippen molar-refractivity contribution in [2.45, 2.75) is 31.3 Å². The Labute approximate surface area is 107 Å². The summed E-state index contributed by atoms with van der Waals surface area (Å²) >= 11 is 1.54. The molecule has 1 aromatic heterocycles. The van der Waals surface area contributed by atoms with Gasteiger partial charge in [0.2, 0.25) is 0 Å². The third-order valence-corrected chi connectivity index (χ3v) is 3.86. The Morgan fingerprint density at radius 2 is 2.35 bits per heavy atom. The minimum atomic E-state index is 0.568. The third-order valence-electron chi connectivity index (χ3n) is 3.31. The molecule has 1 fully saturated rings. The fourth-order valence-corrected chi connectivity index (χ4v) is 2.67. The maximum absolute atomic E-state index is 5.82. The summed E-state index contributed by atoms with van der Waals surface area (Å²) in [5.41, 5.74) is 5.82. The van der Waals surface area contributed by atoms with E-state index < -0.39 is 0 Å². The topological polar surface area (TPSA) is 55.0 Å². The predicted octanol–water partition coefficient (Wildman–Crippen LogP) is 2.41. The fourth-order valence-electron chi connectivity index (χ4n) is 2.29. The molecule has 0 spiro atoms. The third kappa shape index (κ3) is 3.03. The van der Waals surface area contributed by atoms with Gasteiger partial charge in [-0.05, 0) is 25.0 Å². The van der Waals surface area contributed by atoms with Crippen molar-refractivity contribution < 1.29 is 0 Å². The molecule has 17 heavy (non-hydrogen) atoms. The van der Waals surface area contributed by atoms with Gasteiger partial charge < -0.3 is 10.6 Å². The second-order valence-corrected chi connectivity index (χ2v) is 5.27. The van der Waals surface area contributed by atoms with Gasteiger partial charge in [0.1, 0.15) is 11.6 Å². The Morgan fingerprint density at radius 3 is 3.06 bits per heavy atom. The lowest BCUT2D eigenvalue weighted by Crippen LogP contribution is -2.35. The summed E-state index contributed by atoms with van der Waals surface area (Å²) in [4.78, 5) is 11.1. The van der Waals surface area contributed by atoms with Gasteiger partial charge >= 0.3 is 0 Å². The van der Waals surface area contributed by atoms with Crippen LogP contribution in [0.5, 0.6) is 0 Å². The molecule has 1 aromatic rings. The minimum absolute atomic E-state index is 0.568. The van der Waals surface area contributed by atoms with Gasteiger partial charge in [-0.1, -0.05) is 25.1 Å². The molecule has 0 radical (unpaired) electrons. The molecule has 2 heterocycles. The first-order valence-electron chi connectivity index (χ1n) is 6.16. The SMILES string of the molecule is CCC1CCCN(c2cc(N)nc(SC)n2)C1. The number of thioether (sulfide) groups is 1. The smallest absolute Gasteiger partial charge is 0.191 e. The van der Waals surface area contributed by atoms with Crippen molar-refractivity contribution in [3.05, 3.63) is 6.07 Å². The van der Waals surface area contributed by atoms with Crippen LogP contribution in [0.3, 0.4) is 0 Å². The summed E-state index contributed by atoms with van der Waals surface area (Å²) in [6, 6.07) is 1.89. The van der Waals surface area contributed by atoms with E-state index in [2.05, 4.69) is 21.8 Å². The second-order valence-electron chi connectivity index (χ2n) is 4.50. The molecule has 0 amide bonds. The molecular weight excluding hydrogens is 232 g/mol. The molecule has 4 nitrogen and oxygen atoms in total. The van der Waals surface area contributed by atoms with Gasteiger partial charge in [-0.2, -0.15) is 0 Å². The summed E-state index contributed by atoms with van der Waals surface area (Å²) in [6.07, 6.45) is 5.80. The van der Waals surface area contributed by atoms with Crippen LogP contribution >= 0.6 is 11.8 Å². The molecular formula is C12H20N4S. The lowest BCUT2D eigenvalue weighted by molar-refractivity contribution is 0.402. The van der Waals surface area contributed by atoms with Crippen molar-refractivity contribution in [1.82, 2.24) is 9.97 Å².